The number of hydrogen-bond donors (Lipinski definition) is 1. The summed E-state index contributed by atoms with van der Waals surface area (Å²) in [6, 6.07) is 7.66. The van der Waals surface area contributed by atoms with Crippen LogP contribution in [0.3, 0.4) is 0 Å². The Labute approximate surface area is 151 Å². The molecule has 1 aliphatic heterocycles. The van der Waals surface area contributed by atoms with Crippen LogP contribution in [0.1, 0.15) is 11.6 Å². The number of benzene rings is 1. The molecule has 1 aromatic carbocycles. The van der Waals surface area contributed by atoms with Gasteiger partial charge in [0.1, 0.15) is 10.7 Å². The molecule has 2 heterocycles. The van der Waals surface area contributed by atoms with Gasteiger partial charge < -0.3 is 5.32 Å². The van der Waals surface area contributed by atoms with Crippen LogP contribution in [-0.4, -0.2) is 37.3 Å². The Kier molecular flexibility index (Phi) is 6.17. The molecule has 0 amide bonds. The fraction of sp³-hybridized carbons (Fsp3) is 0.267. The van der Waals surface area contributed by atoms with Crippen LogP contribution in [0, 0.1) is 5.82 Å². The van der Waals surface area contributed by atoms with Crippen molar-refractivity contribution in [2.24, 2.45) is 0 Å². The fourth-order valence-electron chi connectivity index (χ4n) is 2.64. The molecule has 1 aromatic heterocycles. The van der Waals surface area contributed by atoms with E-state index in [1.54, 1.807) is 18.2 Å². The molecule has 1 N–H and O–H groups in total. The Balaban J connectivity index is 0.00000208. The van der Waals surface area contributed by atoms with Crippen molar-refractivity contribution in [3.8, 4) is 0 Å². The predicted octanol–water partition coefficient (Wildman–Crippen LogP) is 2.63. The molecule has 0 aliphatic carbocycles. The first kappa shape index (κ1) is 19.1. The third kappa shape index (κ3) is 3.87. The third-order valence-electron chi connectivity index (χ3n) is 3.71. The van der Waals surface area contributed by atoms with E-state index in [0.29, 0.717) is 18.1 Å². The zero-order valence-corrected chi connectivity index (χ0v) is 14.9. The number of nitrogens with zero attached hydrogens (tertiary/aromatic N) is 2. The number of hydrogen-bond acceptors (Lipinski definition) is 4. The summed E-state index contributed by atoms with van der Waals surface area (Å²) in [6.07, 6.45) is 2.14. The lowest BCUT2D eigenvalue weighted by Crippen LogP contribution is -2.48. The van der Waals surface area contributed by atoms with E-state index in [-0.39, 0.29) is 23.8 Å². The smallest absolute Gasteiger partial charge is 0.245 e. The largest absolute Gasteiger partial charge is 0.313 e. The van der Waals surface area contributed by atoms with E-state index >= 15 is 0 Å². The van der Waals surface area contributed by atoms with Crippen LogP contribution in [0.25, 0.3) is 0 Å². The molecule has 2 aromatic rings. The van der Waals surface area contributed by atoms with Gasteiger partial charge in [-0.3, -0.25) is 4.98 Å². The first-order valence-corrected chi connectivity index (χ1v) is 8.89. The highest BCUT2D eigenvalue weighted by atomic mass is 35.5. The Morgan fingerprint density at radius 3 is 2.79 bits per heavy atom. The summed E-state index contributed by atoms with van der Waals surface area (Å²) in [7, 11) is -3.85. The van der Waals surface area contributed by atoms with E-state index in [2.05, 4.69) is 10.3 Å². The second-order valence-electron chi connectivity index (χ2n) is 5.23. The maximum absolute atomic E-state index is 13.4. The van der Waals surface area contributed by atoms with E-state index in [9.17, 15) is 12.8 Å². The third-order valence-corrected chi connectivity index (χ3v) is 5.82. The van der Waals surface area contributed by atoms with Crippen LogP contribution in [-0.2, 0) is 10.0 Å². The maximum atomic E-state index is 13.4. The van der Waals surface area contributed by atoms with Crippen molar-refractivity contribution in [1.82, 2.24) is 14.6 Å². The summed E-state index contributed by atoms with van der Waals surface area (Å²) in [5.41, 5.74) is 0.789. The summed E-state index contributed by atoms with van der Waals surface area (Å²) in [5, 5.41) is 3.72. The zero-order valence-electron chi connectivity index (χ0n) is 12.5. The first-order chi connectivity index (χ1) is 11.0. The van der Waals surface area contributed by atoms with Gasteiger partial charge >= 0.3 is 0 Å². The monoisotopic (exact) mass is 391 g/mol. The number of nitrogens with one attached hydrogen (secondary N) is 1. The highest BCUT2D eigenvalue weighted by molar-refractivity contribution is 7.89. The van der Waals surface area contributed by atoms with Crippen molar-refractivity contribution in [1.29, 1.82) is 0 Å². The van der Waals surface area contributed by atoms with Crippen LogP contribution in [0.4, 0.5) is 4.39 Å². The van der Waals surface area contributed by atoms with Crippen molar-refractivity contribution in [2.75, 3.05) is 19.6 Å². The molecule has 9 heteroatoms. The number of sulfonamides is 1. The van der Waals surface area contributed by atoms with Gasteiger partial charge in [0.15, 0.2) is 0 Å². The number of pyridine rings is 1. The summed E-state index contributed by atoms with van der Waals surface area (Å²) in [6.45, 7) is 1.28. The lowest BCUT2D eigenvalue weighted by Gasteiger charge is -2.35. The summed E-state index contributed by atoms with van der Waals surface area (Å²) >= 11 is 6.02. The second kappa shape index (κ2) is 7.76. The molecule has 0 spiro atoms. The molecule has 24 heavy (non-hydrogen) atoms. The lowest BCUT2D eigenvalue weighted by atomic mass is 10.1. The molecule has 0 radical (unpaired) electrons. The van der Waals surface area contributed by atoms with Gasteiger partial charge in [0.2, 0.25) is 10.0 Å². The van der Waals surface area contributed by atoms with Crippen LogP contribution >= 0.6 is 24.0 Å². The van der Waals surface area contributed by atoms with Gasteiger partial charge in [0, 0.05) is 30.9 Å². The molecule has 1 saturated heterocycles. The minimum atomic E-state index is -3.85. The van der Waals surface area contributed by atoms with Gasteiger partial charge in [-0.05, 0) is 23.8 Å². The highest BCUT2D eigenvalue weighted by Crippen LogP contribution is 2.30. The number of rotatable bonds is 3. The van der Waals surface area contributed by atoms with Crippen molar-refractivity contribution in [3.05, 3.63) is 59.1 Å². The van der Waals surface area contributed by atoms with Crippen molar-refractivity contribution in [2.45, 2.75) is 10.9 Å². The molecule has 3 rings (SSSR count). The van der Waals surface area contributed by atoms with Crippen molar-refractivity contribution >= 4 is 34.0 Å². The second-order valence-corrected chi connectivity index (χ2v) is 7.56. The van der Waals surface area contributed by atoms with Gasteiger partial charge in [-0.2, -0.15) is 4.31 Å². The minimum absolute atomic E-state index is 0. The molecule has 0 bridgehead atoms. The van der Waals surface area contributed by atoms with Gasteiger partial charge in [-0.25, -0.2) is 12.8 Å². The van der Waals surface area contributed by atoms with Crippen LogP contribution in [0.15, 0.2) is 47.6 Å². The molecule has 1 atom stereocenters. The number of halogens is 3. The molecular formula is C15H16Cl2FN3O2S. The molecular weight excluding hydrogens is 376 g/mol. The quantitative estimate of drug-likeness (QED) is 0.873. The Bertz CT molecular complexity index is 820. The van der Waals surface area contributed by atoms with Crippen LogP contribution < -0.4 is 5.32 Å². The van der Waals surface area contributed by atoms with E-state index < -0.39 is 21.9 Å². The molecule has 1 fully saturated rings. The van der Waals surface area contributed by atoms with E-state index in [1.807, 2.05) is 6.07 Å². The SMILES string of the molecule is Cl.O=S(=O)(c1cncc(F)c1)N1CCNCC1c1cccc(Cl)c1. The summed E-state index contributed by atoms with van der Waals surface area (Å²) in [5.74, 6) is -0.680. The van der Waals surface area contributed by atoms with Gasteiger partial charge in [0.05, 0.1) is 12.2 Å². The average Bonchev–Trinajstić information content (AvgIpc) is 2.55. The maximum Gasteiger partial charge on any atom is 0.245 e. The van der Waals surface area contributed by atoms with E-state index in [0.717, 1.165) is 24.0 Å². The molecule has 0 saturated carbocycles. The average molecular weight is 392 g/mol. The molecule has 1 unspecified atom stereocenters. The van der Waals surface area contributed by atoms with Crippen molar-refractivity contribution < 1.29 is 12.8 Å². The Hall–Kier alpha value is -1.25. The molecule has 130 valence electrons. The Morgan fingerprint density at radius 2 is 2.08 bits per heavy atom. The number of piperazine rings is 1. The van der Waals surface area contributed by atoms with Gasteiger partial charge in [-0.1, -0.05) is 23.7 Å². The lowest BCUT2D eigenvalue weighted by molar-refractivity contribution is 0.271. The molecule has 5 nitrogen and oxygen atoms in total. The summed E-state index contributed by atoms with van der Waals surface area (Å²) < 4.78 is 40.5. The molecule has 1 aliphatic rings. The standard InChI is InChI=1S/C15H15ClFN3O2S.ClH/c16-12-3-1-2-11(6-12)15-10-18-4-5-20(15)23(21,22)14-7-13(17)8-19-9-14;/h1-3,6-9,15,18H,4-5,10H2;1H. The first-order valence-electron chi connectivity index (χ1n) is 7.07. The highest BCUT2D eigenvalue weighted by Gasteiger charge is 2.34. The van der Waals surface area contributed by atoms with Crippen molar-refractivity contribution in [3.63, 3.8) is 0 Å². The van der Waals surface area contributed by atoms with Gasteiger partial charge in [-0.15, -0.1) is 12.4 Å². The van der Waals surface area contributed by atoms with Crippen LogP contribution in [0.2, 0.25) is 5.02 Å². The zero-order chi connectivity index (χ0) is 16.4. The number of aromatic nitrogens is 1. The normalized spacial score (nSPS) is 18.8. The Morgan fingerprint density at radius 1 is 1.29 bits per heavy atom. The summed E-state index contributed by atoms with van der Waals surface area (Å²) in [4.78, 5) is 3.49. The minimum Gasteiger partial charge on any atom is -0.313 e. The van der Waals surface area contributed by atoms with E-state index in [4.69, 9.17) is 11.6 Å². The predicted molar refractivity (Wildman–Crippen MR) is 92.4 cm³/mol. The fourth-order valence-corrected chi connectivity index (χ4v) is 4.43. The van der Waals surface area contributed by atoms with Gasteiger partial charge in [0.25, 0.3) is 0 Å². The topological polar surface area (TPSA) is 62.3 Å². The van der Waals surface area contributed by atoms with Crippen LogP contribution in [0.5, 0.6) is 0 Å². The van der Waals surface area contributed by atoms with E-state index in [1.165, 1.54) is 4.31 Å².